The zero-order valence-corrected chi connectivity index (χ0v) is 9.81. The van der Waals surface area contributed by atoms with Crippen LogP contribution in [0.2, 0.25) is 0 Å². The van der Waals surface area contributed by atoms with Crippen LogP contribution in [0.25, 0.3) is 0 Å². The summed E-state index contributed by atoms with van der Waals surface area (Å²) < 4.78 is 0. The molecule has 0 bridgehead atoms. The second kappa shape index (κ2) is 4.66. The van der Waals surface area contributed by atoms with Crippen molar-refractivity contribution in [3.05, 3.63) is 30.3 Å². The predicted molar refractivity (Wildman–Crippen MR) is 65.4 cm³/mol. The zero-order chi connectivity index (χ0) is 11.5. The minimum Gasteiger partial charge on any atom is -0.316 e. The summed E-state index contributed by atoms with van der Waals surface area (Å²) in [6.45, 7) is 3.87. The van der Waals surface area contributed by atoms with Gasteiger partial charge in [0.2, 0.25) is 5.91 Å². The first-order valence-electron chi connectivity index (χ1n) is 5.73. The second-order valence-electron chi connectivity index (χ2n) is 4.47. The Morgan fingerprint density at radius 2 is 2.00 bits per heavy atom. The van der Waals surface area contributed by atoms with E-state index in [0.717, 1.165) is 18.8 Å². The quantitative estimate of drug-likeness (QED) is 0.816. The van der Waals surface area contributed by atoms with Gasteiger partial charge < -0.3 is 10.2 Å². The molecule has 86 valence electrons. The van der Waals surface area contributed by atoms with Crippen molar-refractivity contribution in [3.8, 4) is 0 Å². The predicted octanol–water partition coefficient (Wildman–Crippen LogP) is 1.50. The summed E-state index contributed by atoms with van der Waals surface area (Å²) in [6.07, 6.45) is 0. The highest BCUT2D eigenvalue weighted by molar-refractivity contribution is 5.95. The van der Waals surface area contributed by atoms with Gasteiger partial charge in [-0.25, -0.2) is 0 Å². The molecule has 0 spiro atoms. The maximum atomic E-state index is 12.2. The van der Waals surface area contributed by atoms with E-state index in [9.17, 15) is 4.79 Å². The zero-order valence-electron chi connectivity index (χ0n) is 9.81. The van der Waals surface area contributed by atoms with E-state index in [-0.39, 0.29) is 11.8 Å². The summed E-state index contributed by atoms with van der Waals surface area (Å²) in [4.78, 5) is 14.0. The van der Waals surface area contributed by atoms with Gasteiger partial charge in [0.05, 0.1) is 5.92 Å². The van der Waals surface area contributed by atoms with Crippen molar-refractivity contribution in [1.82, 2.24) is 5.32 Å². The van der Waals surface area contributed by atoms with Gasteiger partial charge in [0, 0.05) is 19.3 Å². The number of amides is 1. The van der Waals surface area contributed by atoms with E-state index < -0.39 is 0 Å². The molecule has 2 atom stereocenters. The number of para-hydroxylation sites is 1. The van der Waals surface area contributed by atoms with Crippen molar-refractivity contribution in [3.63, 3.8) is 0 Å². The Kier molecular flexibility index (Phi) is 3.25. The average Bonchev–Trinajstić information content (AvgIpc) is 2.75. The van der Waals surface area contributed by atoms with Gasteiger partial charge in [-0.2, -0.15) is 0 Å². The normalized spacial score (nSPS) is 24.4. The van der Waals surface area contributed by atoms with Crippen LogP contribution in [0.3, 0.4) is 0 Å². The first kappa shape index (κ1) is 11.1. The van der Waals surface area contributed by atoms with Crippen LogP contribution in [0.5, 0.6) is 0 Å². The molecule has 1 aliphatic heterocycles. The van der Waals surface area contributed by atoms with Gasteiger partial charge in [-0.15, -0.1) is 0 Å². The molecule has 0 radical (unpaired) electrons. The number of rotatable bonds is 2. The third-order valence-corrected chi connectivity index (χ3v) is 3.31. The van der Waals surface area contributed by atoms with Gasteiger partial charge in [0.15, 0.2) is 0 Å². The van der Waals surface area contributed by atoms with Crippen molar-refractivity contribution >= 4 is 11.6 Å². The number of benzene rings is 1. The lowest BCUT2D eigenvalue weighted by Gasteiger charge is -2.22. The number of hydrogen-bond donors (Lipinski definition) is 1. The minimum atomic E-state index is 0.116. The van der Waals surface area contributed by atoms with Crippen LogP contribution in [-0.2, 0) is 4.79 Å². The van der Waals surface area contributed by atoms with Crippen LogP contribution in [0.1, 0.15) is 6.92 Å². The summed E-state index contributed by atoms with van der Waals surface area (Å²) in [5.74, 6) is 0.757. The number of nitrogens with one attached hydrogen (secondary N) is 1. The highest BCUT2D eigenvalue weighted by atomic mass is 16.2. The molecule has 1 N–H and O–H groups in total. The molecule has 0 aromatic heterocycles. The van der Waals surface area contributed by atoms with Crippen molar-refractivity contribution in [2.75, 3.05) is 25.0 Å². The van der Waals surface area contributed by atoms with Crippen LogP contribution in [0.4, 0.5) is 5.69 Å². The summed E-state index contributed by atoms with van der Waals surface area (Å²) in [5, 5.41) is 3.26. The standard InChI is InChI=1S/C13H18N2O/c1-10-8-14-9-12(10)13(16)15(2)11-6-4-3-5-7-11/h3-7,10,12,14H,8-9H2,1-2H3/t10-,12-/m1/s1. The van der Waals surface area contributed by atoms with Crippen molar-refractivity contribution in [2.24, 2.45) is 11.8 Å². The third kappa shape index (κ3) is 2.09. The summed E-state index contributed by atoms with van der Waals surface area (Å²) >= 11 is 0. The van der Waals surface area contributed by atoms with Gasteiger partial charge in [0.25, 0.3) is 0 Å². The van der Waals surface area contributed by atoms with E-state index in [2.05, 4.69) is 12.2 Å². The fraction of sp³-hybridized carbons (Fsp3) is 0.462. The molecule has 3 heteroatoms. The monoisotopic (exact) mass is 218 g/mol. The molecule has 2 rings (SSSR count). The molecule has 3 nitrogen and oxygen atoms in total. The number of carbonyl (C=O) groups is 1. The molecular formula is C13H18N2O. The molecule has 16 heavy (non-hydrogen) atoms. The smallest absolute Gasteiger partial charge is 0.231 e. The Labute approximate surface area is 96.5 Å². The number of nitrogens with zero attached hydrogens (tertiary/aromatic N) is 1. The van der Waals surface area contributed by atoms with Crippen LogP contribution in [-0.4, -0.2) is 26.0 Å². The molecule has 1 aromatic carbocycles. The first-order valence-corrected chi connectivity index (χ1v) is 5.73. The van der Waals surface area contributed by atoms with E-state index in [4.69, 9.17) is 0 Å². The molecular weight excluding hydrogens is 200 g/mol. The van der Waals surface area contributed by atoms with E-state index in [0.29, 0.717) is 5.92 Å². The molecule has 1 heterocycles. The fourth-order valence-electron chi connectivity index (χ4n) is 2.17. The molecule has 0 unspecified atom stereocenters. The van der Waals surface area contributed by atoms with Gasteiger partial charge in [0.1, 0.15) is 0 Å². The highest BCUT2D eigenvalue weighted by Gasteiger charge is 2.31. The second-order valence-corrected chi connectivity index (χ2v) is 4.47. The summed E-state index contributed by atoms with van der Waals surface area (Å²) in [6, 6.07) is 9.79. The van der Waals surface area contributed by atoms with Gasteiger partial charge in [-0.3, -0.25) is 4.79 Å². The lowest BCUT2D eigenvalue weighted by molar-refractivity contribution is -0.122. The summed E-state index contributed by atoms with van der Waals surface area (Å²) in [7, 11) is 1.85. The maximum Gasteiger partial charge on any atom is 0.231 e. The van der Waals surface area contributed by atoms with Crippen LogP contribution in [0.15, 0.2) is 30.3 Å². The minimum absolute atomic E-state index is 0.116. The molecule has 0 aliphatic carbocycles. The Morgan fingerprint density at radius 1 is 1.31 bits per heavy atom. The average molecular weight is 218 g/mol. The molecule has 1 aliphatic rings. The molecule has 1 amide bonds. The largest absolute Gasteiger partial charge is 0.316 e. The Morgan fingerprint density at radius 3 is 2.56 bits per heavy atom. The van der Waals surface area contributed by atoms with E-state index in [1.54, 1.807) is 4.90 Å². The van der Waals surface area contributed by atoms with Gasteiger partial charge >= 0.3 is 0 Å². The van der Waals surface area contributed by atoms with Crippen LogP contribution in [0, 0.1) is 11.8 Å². The van der Waals surface area contributed by atoms with E-state index in [1.165, 1.54) is 0 Å². The number of carbonyl (C=O) groups excluding carboxylic acids is 1. The molecule has 0 saturated carbocycles. The fourth-order valence-corrected chi connectivity index (χ4v) is 2.17. The van der Waals surface area contributed by atoms with Gasteiger partial charge in [-0.1, -0.05) is 25.1 Å². The molecule has 1 aromatic rings. The molecule has 1 fully saturated rings. The highest BCUT2D eigenvalue weighted by Crippen LogP contribution is 2.21. The Hall–Kier alpha value is -1.35. The Bertz CT molecular complexity index is 363. The summed E-state index contributed by atoms with van der Waals surface area (Å²) in [5.41, 5.74) is 0.964. The SMILES string of the molecule is C[C@@H]1CNC[C@H]1C(=O)N(C)c1ccccc1. The third-order valence-electron chi connectivity index (χ3n) is 3.31. The van der Waals surface area contributed by atoms with Crippen LogP contribution >= 0.6 is 0 Å². The number of hydrogen-bond acceptors (Lipinski definition) is 2. The Balaban J connectivity index is 2.10. The van der Waals surface area contributed by atoms with E-state index >= 15 is 0 Å². The molecule has 1 saturated heterocycles. The van der Waals surface area contributed by atoms with Gasteiger partial charge in [-0.05, 0) is 24.6 Å². The number of anilines is 1. The van der Waals surface area contributed by atoms with Crippen molar-refractivity contribution in [2.45, 2.75) is 6.92 Å². The van der Waals surface area contributed by atoms with E-state index in [1.807, 2.05) is 37.4 Å². The first-order chi connectivity index (χ1) is 7.70. The van der Waals surface area contributed by atoms with Crippen molar-refractivity contribution in [1.29, 1.82) is 0 Å². The van der Waals surface area contributed by atoms with Crippen molar-refractivity contribution < 1.29 is 4.79 Å². The lowest BCUT2D eigenvalue weighted by Crippen LogP contribution is -2.36. The lowest BCUT2D eigenvalue weighted by atomic mass is 9.96. The maximum absolute atomic E-state index is 12.2. The topological polar surface area (TPSA) is 32.3 Å². The van der Waals surface area contributed by atoms with Crippen LogP contribution < -0.4 is 10.2 Å².